The molecule has 3 nitrogen and oxygen atoms in total. The number of hydrogen-bond donors (Lipinski definition) is 1. The van der Waals surface area contributed by atoms with Gasteiger partial charge in [-0.25, -0.2) is 0 Å². The van der Waals surface area contributed by atoms with Gasteiger partial charge in [0.15, 0.2) is 0 Å². The van der Waals surface area contributed by atoms with Crippen LogP contribution in [-0.4, -0.2) is 18.1 Å². The maximum absolute atomic E-state index is 12.3. The molecule has 1 aliphatic rings. The first-order valence-corrected chi connectivity index (χ1v) is 7.43. The maximum atomic E-state index is 12.3. The SMILES string of the molecule is CC(C)Oc1cccc(C(=O)NC2CCC(C)(C)C2)c1. The fourth-order valence-corrected chi connectivity index (χ4v) is 2.81. The molecule has 0 aliphatic heterocycles. The summed E-state index contributed by atoms with van der Waals surface area (Å²) in [6, 6.07) is 7.70. The number of nitrogens with one attached hydrogen (secondary N) is 1. The van der Waals surface area contributed by atoms with Gasteiger partial charge < -0.3 is 10.1 Å². The van der Waals surface area contributed by atoms with Crippen molar-refractivity contribution in [1.82, 2.24) is 5.32 Å². The standard InChI is InChI=1S/C17H25NO2/c1-12(2)20-15-7-5-6-13(10-15)16(19)18-14-8-9-17(3,4)11-14/h5-7,10,12,14H,8-9,11H2,1-4H3,(H,18,19). The lowest BCUT2D eigenvalue weighted by Crippen LogP contribution is -2.33. The molecular formula is C17H25NO2. The van der Waals surface area contributed by atoms with Gasteiger partial charge in [0.2, 0.25) is 0 Å². The van der Waals surface area contributed by atoms with Crippen molar-refractivity contribution in [2.24, 2.45) is 5.41 Å². The monoisotopic (exact) mass is 275 g/mol. The summed E-state index contributed by atoms with van der Waals surface area (Å²) in [5, 5.41) is 3.14. The molecule has 1 aliphatic carbocycles. The Morgan fingerprint density at radius 2 is 2.15 bits per heavy atom. The molecule has 2 rings (SSSR count). The van der Waals surface area contributed by atoms with E-state index in [0.29, 0.717) is 17.0 Å². The summed E-state index contributed by atoms with van der Waals surface area (Å²) in [6.45, 7) is 8.48. The van der Waals surface area contributed by atoms with Crippen LogP contribution in [0, 0.1) is 5.41 Å². The average Bonchev–Trinajstić information content (AvgIpc) is 2.68. The van der Waals surface area contributed by atoms with Crippen molar-refractivity contribution < 1.29 is 9.53 Å². The van der Waals surface area contributed by atoms with Crippen LogP contribution in [0.5, 0.6) is 5.75 Å². The van der Waals surface area contributed by atoms with Gasteiger partial charge >= 0.3 is 0 Å². The number of rotatable bonds is 4. The highest BCUT2D eigenvalue weighted by molar-refractivity contribution is 5.94. The van der Waals surface area contributed by atoms with E-state index in [1.165, 1.54) is 6.42 Å². The van der Waals surface area contributed by atoms with Crippen molar-refractivity contribution in [2.45, 2.75) is 59.1 Å². The van der Waals surface area contributed by atoms with E-state index in [1.54, 1.807) is 0 Å². The molecule has 110 valence electrons. The zero-order valence-electron chi connectivity index (χ0n) is 12.9. The van der Waals surface area contributed by atoms with Crippen LogP contribution in [0.3, 0.4) is 0 Å². The lowest BCUT2D eigenvalue weighted by atomic mass is 9.92. The second-order valence-electron chi connectivity index (χ2n) is 6.77. The van der Waals surface area contributed by atoms with Crippen LogP contribution >= 0.6 is 0 Å². The molecule has 1 saturated carbocycles. The van der Waals surface area contributed by atoms with E-state index in [-0.39, 0.29) is 12.0 Å². The number of carbonyl (C=O) groups excluding carboxylic acids is 1. The summed E-state index contributed by atoms with van der Waals surface area (Å²) in [7, 11) is 0. The molecule has 1 atom stereocenters. The van der Waals surface area contributed by atoms with E-state index < -0.39 is 0 Å². The lowest BCUT2D eigenvalue weighted by molar-refractivity contribution is 0.0935. The van der Waals surface area contributed by atoms with Crippen molar-refractivity contribution in [2.75, 3.05) is 0 Å². The summed E-state index contributed by atoms with van der Waals surface area (Å²) in [4.78, 5) is 12.3. The zero-order chi connectivity index (χ0) is 14.8. The number of benzene rings is 1. The lowest BCUT2D eigenvalue weighted by Gasteiger charge is -2.18. The third-order valence-corrected chi connectivity index (χ3v) is 3.77. The number of carbonyl (C=O) groups is 1. The predicted octanol–water partition coefficient (Wildman–Crippen LogP) is 3.78. The molecule has 0 saturated heterocycles. The molecule has 1 fully saturated rings. The topological polar surface area (TPSA) is 38.3 Å². The van der Waals surface area contributed by atoms with E-state index in [9.17, 15) is 4.79 Å². The molecule has 0 spiro atoms. The van der Waals surface area contributed by atoms with Gasteiger partial charge in [-0.05, 0) is 56.7 Å². The molecule has 0 aromatic heterocycles. The fourth-order valence-electron chi connectivity index (χ4n) is 2.81. The largest absolute Gasteiger partial charge is 0.491 e. The Balaban J connectivity index is 1.99. The second-order valence-corrected chi connectivity index (χ2v) is 6.77. The molecule has 20 heavy (non-hydrogen) atoms. The highest BCUT2D eigenvalue weighted by Gasteiger charge is 2.31. The summed E-state index contributed by atoms with van der Waals surface area (Å²) >= 11 is 0. The summed E-state index contributed by atoms with van der Waals surface area (Å²) in [5.74, 6) is 0.751. The Morgan fingerprint density at radius 3 is 2.75 bits per heavy atom. The number of ether oxygens (including phenoxy) is 1. The zero-order valence-corrected chi connectivity index (χ0v) is 12.9. The van der Waals surface area contributed by atoms with Gasteiger partial charge in [-0.15, -0.1) is 0 Å². The Bertz CT molecular complexity index is 480. The third-order valence-electron chi connectivity index (χ3n) is 3.77. The van der Waals surface area contributed by atoms with Gasteiger partial charge in [-0.3, -0.25) is 4.79 Å². The first kappa shape index (κ1) is 14.9. The van der Waals surface area contributed by atoms with Crippen molar-refractivity contribution >= 4 is 5.91 Å². The van der Waals surface area contributed by atoms with E-state index in [0.717, 1.165) is 18.6 Å². The normalized spacial score (nSPS) is 20.9. The minimum atomic E-state index is 0.00176. The van der Waals surface area contributed by atoms with Gasteiger partial charge in [0.05, 0.1) is 6.10 Å². The first-order valence-electron chi connectivity index (χ1n) is 7.43. The molecule has 1 unspecified atom stereocenters. The van der Waals surface area contributed by atoms with Gasteiger partial charge in [0.1, 0.15) is 5.75 Å². The van der Waals surface area contributed by atoms with Gasteiger partial charge in [-0.1, -0.05) is 19.9 Å². The predicted molar refractivity (Wildman–Crippen MR) is 81.1 cm³/mol. The van der Waals surface area contributed by atoms with E-state index in [2.05, 4.69) is 19.2 Å². The molecule has 0 heterocycles. The molecular weight excluding hydrogens is 250 g/mol. The average molecular weight is 275 g/mol. The number of hydrogen-bond acceptors (Lipinski definition) is 2. The van der Waals surface area contributed by atoms with Crippen molar-refractivity contribution in [3.63, 3.8) is 0 Å². The highest BCUT2D eigenvalue weighted by atomic mass is 16.5. The molecule has 1 amide bonds. The highest BCUT2D eigenvalue weighted by Crippen LogP contribution is 2.37. The minimum absolute atomic E-state index is 0.00176. The molecule has 0 radical (unpaired) electrons. The molecule has 1 aromatic carbocycles. The third kappa shape index (κ3) is 3.99. The smallest absolute Gasteiger partial charge is 0.251 e. The first-order chi connectivity index (χ1) is 9.35. The molecule has 1 aromatic rings. The fraction of sp³-hybridized carbons (Fsp3) is 0.588. The quantitative estimate of drug-likeness (QED) is 0.908. The molecule has 3 heteroatoms. The summed E-state index contributed by atoms with van der Waals surface area (Å²) < 4.78 is 5.63. The summed E-state index contributed by atoms with van der Waals surface area (Å²) in [6.07, 6.45) is 3.42. The van der Waals surface area contributed by atoms with Crippen molar-refractivity contribution in [3.8, 4) is 5.75 Å². The van der Waals surface area contributed by atoms with E-state index in [1.807, 2.05) is 38.1 Å². The summed E-state index contributed by atoms with van der Waals surface area (Å²) in [5.41, 5.74) is 1.02. The number of amides is 1. The van der Waals surface area contributed by atoms with Crippen LogP contribution in [0.15, 0.2) is 24.3 Å². The van der Waals surface area contributed by atoms with Crippen LogP contribution in [-0.2, 0) is 0 Å². The Labute approximate surface area is 121 Å². The van der Waals surface area contributed by atoms with E-state index in [4.69, 9.17) is 4.74 Å². The van der Waals surface area contributed by atoms with Crippen LogP contribution in [0.2, 0.25) is 0 Å². The van der Waals surface area contributed by atoms with Gasteiger partial charge in [0, 0.05) is 11.6 Å². The van der Waals surface area contributed by atoms with Crippen molar-refractivity contribution in [1.29, 1.82) is 0 Å². The van der Waals surface area contributed by atoms with Gasteiger partial charge in [-0.2, -0.15) is 0 Å². The Morgan fingerprint density at radius 1 is 1.40 bits per heavy atom. The minimum Gasteiger partial charge on any atom is -0.491 e. The molecule has 1 N–H and O–H groups in total. The van der Waals surface area contributed by atoms with Crippen molar-refractivity contribution in [3.05, 3.63) is 29.8 Å². The van der Waals surface area contributed by atoms with Gasteiger partial charge in [0.25, 0.3) is 5.91 Å². The Kier molecular flexibility index (Phi) is 4.36. The molecule has 0 bridgehead atoms. The van der Waals surface area contributed by atoms with Crippen LogP contribution in [0.4, 0.5) is 0 Å². The van der Waals surface area contributed by atoms with Crippen LogP contribution in [0.25, 0.3) is 0 Å². The Hall–Kier alpha value is -1.51. The van der Waals surface area contributed by atoms with Crippen LogP contribution < -0.4 is 10.1 Å². The second kappa shape index (κ2) is 5.86. The van der Waals surface area contributed by atoms with E-state index >= 15 is 0 Å². The van der Waals surface area contributed by atoms with Crippen LogP contribution in [0.1, 0.15) is 57.3 Å². The maximum Gasteiger partial charge on any atom is 0.251 e.